The standard InChI is InChI=1S/C9H7FN2O2/c1-14-7-3-5(10)2-6-8(7)11-4-12-9(6)13/h2-4H,1H3,(H,11,12,13). The Morgan fingerprint density at radius 3 is 3.00 bits per heavy atom. The highest BCUT2D eigenvalue weighted by Crippen LogP contribution is 2.21. The zero-order valence-corrected chi connectivity index (χ0v) is 7.37. The summed E-state index contributed by atoms with van der Waals surface area (Å²) in [6, 6.07) is 2.32. The average molecular weight is 194 g/mol. The van der Waals surface area contributed by atoms with E-state index in [-0.39, 0.29) is 16.7 Å². The van der Waals surface area contributed by atoms with Gasteiger partial charge in [0.15, 0.2) is 0 Å². The molecule has 0 aliphatic rings. The van der Waals surface area contributed by atoms with E-state index in [1.54, 1.807) is 0 Å². The third-order valence-electron chi connectivity index (χ3n) is 1.89. The van der Waals surface area contributed by atoms with Gasteiger partial charge in [-0.1, -0.05) is 0 Å². The Balaban J connectivity index is 2.95. The second-order valence-corrected chi connectivity index (χ2v) is 2.74. The minimum absolute atomic E-state index is 0.185. The number of hydrogen-bond acceptors (Lipinski definition) is 3. The zero-order valence-electron chi connectivity index (χ0n) is 7.37. The van der Waals surface area contributed by atoms with Crippen LogP contribution in [-0.2, 0) is 0 Å². The molecule has 0 amide bonds. The first-order valence-electron chi connectivity index (χ1n) is 3.93. The first-order valence-corrected chi connectivity index (χ1v) is 3.93. The van der Waals surface area contributed by atoms with Crippen molar-refractivity contribution < 1.29 is 9.13 Å². The maximum atomic E-state index is 13.0. The lowest BCUT2D eigenvalue weighted by molar-refractivity contribution is 0.415. The molecule has 0 aliphatic carbocycles. The van der Waals surface area contributed by atoms with Crippen LogP contribution in [0.3, 0.4) is 0 Å². The van der Waals surface area contributed by atoms with Gasteiger partial charge < -0.3 is 9.72 Å². The van der Waals surface area contributed by atoms with Crippen LogP contribution in [0.25, 0.3) is 10.9 Å². The van der Waals surface area contributed by atoms with Gasteiger partial charge in [0.05, 0.1) is 18.8 Å². The number of hydrogen-bond donors (Lipinski definition) is 1. The maximum absolute atomic E-state index is 13.0. The van der Waals surface area contributed by atoms with Crippen molar-refractivity contribution in [1.29, 1.82) is 0 Å². The number of halogens is 1. The van der Waals surface area contributed by atoms with Crippen LogP contribution in [0.2, 0.25) is 0 Å². The molecule has 0 radical (unpaired) electrons. The summed E-state index contributed by atoms with van der Waals surface area (Å²) in [5.41, 5.74) is -0.0227. The fourth-order valence-electron chi connectivity index (χ4n) is 1.27. The van der Waals surface area contributed by atoms with E-state index in [1.165, 1.54) is 19.5 Å². The van der Waals surface area contributed by atoms with E-state index in [9.17, 15) is 9.18 Å². The van der Waals surface area contributed by atoms with Crippen molar-refractivity contribution >= 4 is 10.9 Å². The summed E-state index contributed by atoms with van der Waals surface area (Å²) in [5, 5.41) is 0.185. The molecule has 1 heterocycles. The Bertz CT molecular complexity index is 536. The van der Waals surface area contributed by atoms with Gasteiger partial charge in [-0.05, 0) is 6.07 Å². The molecular weight excluding hydrogens is 187 g/mol. The van der Waals surface area contributed by atoms with Crippen LogP contribution in [0.5, 0.6) is 5.75 Å². The summed E-state index contributed by atoms with van der Waals surface area (Å²) < 4.78 is 17.9. The highest BCUT2D eigenvalue weighted by Gasteiger charge is 2.07. The van der Waals surface area contributed by atoms with Gasteiger partial charge in [-0.15, -0.1) is 0 Å². The smallest absolute Gasteiger partial charge is 0.258 e. The molecule has 2 aromatic rings. The van der Waals surface area contributed by atoms with Gasteiger partial charge in [-0.2, -0.15) is 0 Å². The van der Waals surface area contributed by atoms with Gasteiger partial charge >= 0.3 is 0 Å². The van der Waals surface area contributed by atoms with Crippen LogP contribution >= 0.6 is 0 Å². The number of nitrogens with one attached hydrogen (secondary N) is 1. The Morgan fingerprint density at radius 1 is 1.50 bits per heavy atom. The molecule has 0 atom stereocenters. The van der Waals surface area contributed by atoms with Gasteiger partial charge in [0, 0.05) is 6.07 Å². The monoisotopic (exact) mass is 194 g/mol. The minimum atomic E-state index is -0.521. The van der Waals surface area contributed by atoms with Crippen molar-refractivity contribution in [2.75, 3.05) is 7.11 Å². The van der Waals surface area contributed by atoms with Crippen molar-refractivity contribution in [2.24, 2.45) is 0 Å². The van der Waals surface area contributed by atoms with Crippen LogP contribution in [0.4, 0.5) is 4.39 Å². The molecule has 1 aromatic heterocycles. The lowest BCUT2D eigenvalue weighted by atomic mass is 10.2. The number of nitrogens with zero attached hydrogens (tertiary/aromatic N) is 1. The summed E-state index contributed by atoms with van der Waals surface area (Å²) in [6.45, 7) is 0. The first kappa shape index (κ1) is 8.68. The van der Waals surface area contributed by atoms with Gasteiger partial charge in [-0.25, -0.2) is 9.37 Å². The fraction of sp³-hybridized carbons (Fsp3) is 0.111. The number of methoxy groups -OCH3 is 1. The second-order valence-electron chi connectivity index (χ2n) is 2.74. The molecule has 0 fully saturated rings. The van der Waals surface area contributed by atoms with E-state index in [0.29, 0.717) is 5.52 Å². The summed E-state index contributed by atoms with van der Waals surface area (Å²) in [4.78, 5) is 17.6. The minimum Gasteiger partial charge on any atom is -0.494 e. The number of aromatic nitrogens is 2. The molecule has 5 heteroatoms. The number of benzene rings is 1. The molecule has 0 spiro atoms. The first-order chi connectivity index (χ1) is 6.72. The third-order valence-corrected chi connectivity index (χ3v) is 1.89. The number of fused-ring (bicyclic) bond motifs is 1. The Hall–Kier alpha value is -1.91. The van der Waals surface area contributed by atoms with Crippen molar-refractivity contribution in [3.05, 3.63) is 34.6 Å². The number of H-pyrrole nitrogens is 1. The predicted octanol–water partition coefficient (Wildman–Crippen LogP) is 1.07. The zero-order chi connectivity index (χ0) is 10.1. The second kappa shape index (κ2) is 3.10. The summed E-state index contributed by atoms with van der Waals surface area (Å²) in [6.07, 6.45) is 1.26. The van der Waals surface area contributed by atoms with Gasteiger partial charge in [0.1, 0.15) is 17.1 Å². The van der Waals surface area contributed by atoms with Crippen LogP contribution in [-0.4, -0.2) is 17.1 Å². The lowest BCUT2D eigenvalue weighted by Crippen LogP contribution is -2.07. The van der Waals surface area contributed by atoms with Crippen LogP contribution in [0.15, 0.2) is 23.3 Å². The van der Waals surface area contributed by atoms with E-state index in [0.717, 1.165) is 6.07 Å². The fourth-order valence-corrected chi connectivity index (χ4v) is 1.27. The molecule has 4 nitrogen and oxygen atoms in total. The molecule has 0 saturated carbocycles. The van der Waals surface area contributed by atoms with Crippen LogP contribution in [0.1, 0.15) is 0 Å². The summed E-state index contributed by atoms with van der Waals surface area (Å²) >= 11 is 0. The Labute approximate surface area is 78.4 Å². The molecule has 2 rings (SSSR count). The van der Waals surface area contributed by atoms with Gasteiger partial charge in [0.25, 0.3) is 5.56 Å². The third kappa shape index (κ3) is 1.22. The van der Waals surface area contributed by atoms with Crippen molar-refractivity contribution in [3.8, 4) is 5.75 Å². The van der Waals surface area contributed by atoms with Crippen molar-refractivity contribution in [3.63, 3.8) is 0 Å². The molecule has 0 unspecified atom stereocenters. The molecule has 1 N–H and O–H groups in total. The molecule has 72 valence electrons. The predicted molar refractivity (Wildman–Crippen MR) is 48.9 cm³/mol. The normalized spacial score (nSPS) is 10.4. The maximum Gasteiger partial charge on any atom is 0.258 e. The van der Waals surface area contributed by atoms with E-state index >= 15 is 0 Å². The summed E-state index contributed by atoms with van der Waals surface area (Å²) in [7, 11) is 1.40. The largest absolute Gasteiger partial charge is 0.494 e. The van der Waals surface area contributed by atoms with Crippen LogP contribution < -0.4 is 10.3 Å². The highest BCUT2D eigenvalue weighted by atomic mass is 19.1. The highest BCUT2D eigenvalue weighted by molar-refractivity contribution is 5.83. The number of rotatable bonds is 1. The van der Waals surface area contributed by atoms with E-state index < -0.39 is 5.82 Å². The average Bonchev–Trinajstić information content (AvgIpc) is 2.18. The van der Waals surface area contributed by atoms with E-state index in [2.05, 4.69) is 9.97 Å². The molecule has 0 bridgehead atoms. The molecule has 0 aliphatic heterocycles. The topological polar surface area (TPSA) is 55.0 Å². The molecule has 0 saturated heterocycles. The summed E-state index contributed by atoms with van der Waals surface area (Å²) in [5.74, 6) is -0.265. The van der Waals surface area contributed by atoms with Gasteiger partial charge in [0.2, 0.25) is 0 Å². The number of ether oxygens (including phenoxy) is 1. The molecule has 14 heavy (non-hydrogen) atoms. The van der Waals surface area contributed by atoms with E-state index in [4.69, 9.17) is 4.74 Å². The Kier molecular flexibility index (Phi) is 1.92. The van der Waals surface area contributed by atoms with E-state index in [1.807, 2.05) is 0 Å². The van der Waals surface area contributed by atoms with Crippen LogP contribution in [0, 0.1) is 5.82 Å². The van der Waals surface area contributed by atoms with Gasteiger partial charge in [-0.3, -0.25) is 4.79 Å². The number of aromatic amines is 1. The van der Waals surface area contributed by atoms with Crippen molar-refractivity contribution in [1.82, 2.24) is 9.97 Å². The SMILES string of the molecule is COc1cc(F)cc2c(=O)[nH]cnc12. The lowest BCUT2D eigenvalue weighted by Gasteiger charge is -2.03. The Morgan fingerprint density at radius 2 is 2.29 bits per heavy atom. The van der Waals surface area contributed by atoms with Crippen molar-refractivity contribution in [2.45, 2.75) is 0 Å². The molecular formula is C9H7FN2O2. The quantitative estimate of drug-likeness (QED) is 0.738. The molecule has 1 aromatic carbocycles.